The summed E-state index contributed by atoms with van der Waals surface area (Å²) in [4.78, 5) is 12.1. The highest BCUT2D eigenvalue weighted by atomic mass is 16.3. The number of aromatic hydroxyl groups is 1. The third kappa shape index (κ3) is 4.52. The van der Waals surface area contributed by atoms with Crippen LogP contribution in [-0.4, -0.2) is 10.9 Å². The fraction of sp³-hybridized carbons (Fsp3) is 0.562. The minimum atomic E-state index is 0.0317. The SMILES string of the molecule is Cc1ccc(C(=O)CC(C)CC(C)(C)C)c(O)c1. The van der Waals surface area contributed by atoms with E-state index in [0.717, 1.165) is 12.0 Å². The first kappa shape index (κ1) is 14.7. The molecule has 1 aromatic carbocycles. The molecule has 0 saturated carbocycles. The van der Waals surface area contributed by atoms with Gasteiger partial charge in [0.2, 0.25) is 0 Å². The van der Waals surface area contributed by atoms with Crippen LogP contribution in [0.5, 0.6) is 5.75 Å². The van der Waals surface area contributed by atoms with Gasteiger partial charge < -0.3 is 5.11 Å². The number of Topliss-reactive ketones (excluding diaryl/α,β-unsaturated/α-hetero) is 1. The molecule has 1 unspecified atom stereocenters. The van der Waals surface area contributed by atoms with Crippen LogP contribution in [0.15, 0.2) is 18.2 Å². The number of phenols is 1. The Morgan fingerprint density at radius 1 is 1.33 bits per heavy atom. The zero-order chi connectivity index (χ0) is 13.9. The quantitative estimate of drug-likeness (QED) is 0.804. The van der Waals surface area contributed by atoms with Crippen LogP contribution in [0.3, 0.4) is 0 Å². The van der Waals surface area contributed by atoms with Gasteiger partial charge in [0.15, 0.2) is 5.78 Å². The maximum Gasteiger partial charge on any atom is 0.166 e. The summed E-state index contributed by atoms with van der Waals surface area (Å²) in [6, 6.07) is 5.22. The summed E-state index contributed by atoms with van der Waals surface area (Å²) in [6.45, 7) is 10.5. The average Bonchev–Trinajstić information content (AvgIpc) is 2.13. The Bertz CT molecular complexity index is 427. The fourth-order valence-electron chi connectivity index (χ4n) is 2.42. The van der Waals surface area contributed by atoms with Crippen molar-refractivity contribution in [2.75, 3.05) is 0 Å². The number of ketones is 1. The summed E-state index contributed by atoms with van der Waals surface area (Å²) >= 11 is 0. The smallest absolute Gasteiger partial charge is 0.166 e. The number of phenolic OH excluding ortho intramolecular Hbond substituents is 1. The number of carbonyl (C=O) groups excluding carboxylic acids is 1. The lowest BCUT2D eigenvalue weighted by Gasteiger charge is -2.22. The molecule has 1 atom stereocenters. The van der Waals surface area contributed by atoms with Crippen molar-refractivity contribution >= 4 is 5.78 Å². The minimum Gasteiger partial charge on any atom is -0.507 e. The van der Waals surface area contributed by atoms with Gasteiger partial charge in [0, 0.05) is 6.42 Å². The van der Waals surface area contributed by atoms with Gasteiger partial charge in [0.25, 0.3) is 0 Å². The van der Waals surface area contributed by atoms with Crippen molar-refractivity contribution < 1.29 is 9.90 Å². The lowest BCUT2D eigenvalue weighted by molar-refractivity contribution is 0.0951. The molecule has 0 aliphatic rings. The van der Waals surface area contributed by atoms with Gasteiger partial charge in [-0.1, -0.05) is 33.8 Å². The lowest BCUT2D eigenvalue weighted by Crippen LogP contribution is -2.14. The van der Waals surface area contributed by atoms with Gasteiger partial charge in [-0.05, 0) is 42.4 Å². The van der Waals surface area contributed by atoms with Gasteiger partial charge in [0.1, 0.15) is 5.75 Å². The second-order valence-electron chi connectivity index (χ2n) is 6.52. The maximum atomic E-state index is 12.1. The van der Waals surface area contributed by atoms with E-state index >= 15 is 0 Å². The lowest BCUT2D eigenvalue weighted by atomic mass is 9.83. The number of rotatable bonds is 4. The Morgan fingerprint density at radius 2 is 1.94 bits per heavy atom. The van der Waals surface area contributed by atoms with E-state index in [0.29, 0.717) is 17.9 Å². The van der Waals surface area contributed by atoms with E-state index in [1.54, 1.807) is 12.1 Å². The molecule has 0 fully saturated rings. The van der Waals surface area contributed by atoms with Crippen molar-refractivity contribution in [3.05, 3.63) is 29.3 Å². The Labute approximate surface area is 110 Å². The highest BCUT2D eigenvalue weighted by Gasteiger charge is 2.19. The molecule has 1 rings (SSSR count). The molecular weight excluding hydrogens is 224 g/mol. The molecular formula is C16H24O2. The summed E-state index contributed by atoms with van der Waals surface area (Å²) < 4.78 is 0. The van der Waals surface area contributed by atoms with E-state index in [-0.39, 0.29) is 16.9 Å². The number of hydrogen-bond acceptors (Lipinski definition) is 2. The van der Waals surface area contributed by atoms with Gasteiger partial charge in [0.05, 0.1) is 5.56 Å². The predicted octanol–water partition coefficient (Wildman–Crippen LogP) is 4.35. The third-order valence-corrected chi connectivity index (χ3v) is 2.95. The zero-order valence-electron chi connectivity index (χ0n) is 12.1. The van der Waals surface area contributed by atoms with Gasteiger partial charge in [-0.2, -0.15) is 0 Å². The standard InChI is InChI=1S/C16H24O2/c1-11-6-7-13(14(17)8-11)15(18)9-12(2)10-16(3,4)5/h6-8,12,17H,9-10H2,1-5H3. The summed E-state index contributed by atoms with van der Waals surface area (Å²) in [5.74, 6) is 0.463. The van der Waals surface area contributed by atoms with Crippen LogP contribution >= 0.6 is 0 Å². The van der Waals surface area contributed by atoms with Crippen molar-refractivity contribution in [1.82, 2.24) is 0 Å². The number of aryl methyl sites for hydroxylation is 1. The van der Waals surface area contributed by atoms with E-state index in [1.165, 1.54) is 0 Å². The summed E-state index contributed by atoms with van der Waals surface area (Å²) in [5.41, 5.74) is 1.64. The normalized spacial score (nSPS) is 13.4. The Hall–Kier alpha value is -1.31. The van der Waals surface area contributed by atoms with E-state index in [9.17, 15) is 9.90 Å². The molecule has 0 bridgehead atoms. The number of benzene rings is 1. The molecule has 0 radical (unpaired) electrons. The summed E-state index contributed by atoms with van der Waals surface area (Å²) in [5, 5.41) is 9.79. The van der Waals surface area contributed by atoms with Gasteiger partial charge >= 0.3 is 0 Å². The molecule has 0 aliphatic carbocycles. The van der Waals surface area contributed by atoms with E-state index in [1.807, 2.05) is 13.0 Å². The second-order valence-corrected chi connectivity index (χ2v) is 6.52. The highest BCUT2D eigenvalue weighted by molar-refractivity contribution is 5.98. The monoisotopic (exact) mass is 248 g/mol. The van der Waals surface area contributed by atoms with Crippen LogP contribution in [-0.2, 0) is 0 Å². The first-order valence-corrected chi connectivity index (χ1v) is 6.52. The van der Waals surface area contributed by atoms with Crippen LogP contribution in [0.25, 0.3) is 0 Å². The number of carbonyl (C=O) groups is 1. The molecule has 0 aliphatic heterocycles. The first-order chi connectivity index (χ1) is 8.19. The molecule has 100 valence electrons. The van der Waals surface area contributed by atoms with Crippen molar-refractivity contribution in [3.63, 3.8) is 0 Å². The summed E-state index contributed by atoms with van der Waals surface area (Å²) in [7, 11) is 0. The van der Waals surface area contributed by atoms with Crippen LogP contribution < -0.4 is 0 Å². The molecule has 2 heteroatoms. The second kappa shape index (κ2) is 5.55. The molecule has 0 aromatic heterocycles. The minimum absolute atomic E-state index is 0.0317. The van der Waals surface area contributed by atoms with Crippen molar-refractivity contribution in [2.24, 2.45) is 11.3 Å². The van der Waals surface area contributed by atoms with Gasteiger partial charge in [-0.15, -0.1) is 0 Å². The molecule has 0 amide bonds. The van der Waals surface area contributed by atoms with Crippen LogP contribution in [0.1, 0.15) is 56.5 Å². The van der Waals surface area contributed by atoms with Crippen LogP contribution in [0.4, 0.5) is 0 Å². The molecule has 2 nitrogen and oxygen atoms in total. The van der Waals surface area contributed by atoms with Crippen molar-refractivity contribution in [2.45, 2.75) is 47.5 Å². The third-order valence-electron chi connectivity index (χ3n) is 2.95. The molecule has 0 spiro atoms. The van der Waals surface area contributed by atoms with Gasteiger partial charge in [-0.25, -0.2) is 0 Å². The van der Waals surface area contributed by atoms with Crippen LogP contribution in [0.2, 0.25) is 0 Å². The highest BCUT2D eigenvalue weighted by Crippen LogP contribution is 2.28. The molecule has 18 heavy (non-hydrogen) atoms. The zero-order valence-corrected chi connectivity index (χ0v) is 12.1. The molecule has 0 saturated heterocycles. The first-order valence-electron chi connectivity index (χ1n) is 6.52. The Balaban J connectivity index is 2.71. The predicted molar refractivity (Wildman–Crippen MR) is 75.0 cm³/mol. The fourth-order valence-corrected chi connectivity index (χ4v) is 2.42. The molecule has 1 aromatic rings. The van der Waals surface area contributed by atoms with Gasteiger partial charge in [-0.3, -0.25) is 4.79 Å². The van der Waals surface area contributed by atoms with E-state index < -0.39 is 0 Å². The number of hydrogen-bond donors (Lipinski definition) is 1. The Kier molecular flexibility index (Phi) is 4.55. The van der Waals surface area contributed by atoms with Crippen molar-refractivity contribution in [3.8, 4) is 5.75 Å². The average molecular weight is 248 g/mol. The van der Waals surface area contributed by atoms with Crippen molar-refractivity contribution in [1.29, 1.82) is 0 Å². The van der Waals surface area contributed by atoms with E-state index in [2.05, 4.69) is 27.7 Å². The summed E-state index contributed by atoms with van der Waals surface area (Å²) in [6.07, 6.45) is 1.50. The largest absolute Gasteiger partial charge is 0.507 e. The Morgan fingerprint density at radius 3 is 2.44 bits per heavy atom. The molecule has 0 heterocycles. The van der Waals surface area contributed by atoms with Crippen LogP contribution in [0, 0.1) is 18.3 Å². The van der Waals surface area contributed by atoms with E-state index in [4.69, 9.17) is 0 Å². The topological polar surface area (TPSA) is 37.3 Å². The molecule has 1 N–H and O–H groups in total. The maximum absolute atomic E-state index is 12.1.